The molecule has 0 atom stereocenters. The highest BCUT2D eigenvalue weighted by Crippen LogP contribution is 2.08. The molecular weight excluding hydrogens is 306 g/mol. The van der Waals surface area contributed by atoms with E-state index in [0.717, 1.165) is 25.1 Å². The summed E-state index contributed by atoms with van der Waals surface area (Å²) in [5.41, 5.74) is -0.150. The normalized spacial score (nSPS) is 13.2. The van der Waals surface area contributed by atoms with Crippen LogP contribution >= 0.6 is 0 Å². The van der Waals surface area contributed by atoms with Gasteiger partial charge in [0.15, 0.2) is 0 Å². The number of hydrogen-bond donors (Lipinski definition) is 2. The molecule has 1 aliphatic rings. The number of esters is 1. The SMILES string of the molecule is C=C(C=CC(=O)O)C(=O)OCCC(=O)O.C=CN1CCCC1=O. The Morgan fingerprint density at radius 3 is 2.30 bits per heavy atom. The lowest BCUT2D eigenvalue weighted by molar-refractivity contribution is -0.143. The summed E-state index contributed by atoms with van der Waals surface area (Å²) in [6.45, 7) is 7.34. The van der Waals surface area contributed by atoms with Crippen LogP contribution in [0.15, 0.2) is 37.1 Å². The number of rotatable bonds is 7. The summed E-state index contributed by atoms with van der Waals surface area (Å²) in [5, 5.41) is 16.5. The molecule has 1 saturated heterocycles. The fourth-order valence-corrected chi connectivity index (χ4v) is 1.43. The van der Waals surface area contributed by atoms with Crippen molar-refractivity contribution in [1.29, 1.82) is 0 Å². The maximum Gasteiger partial charge on any atom is 0.337 e. The third-order valence-corrected chi connectivity index (χ3v) is 2.57. The van der Waals surface area contributed by atoms with Crippen LogP contribution < -0.4 is 0 Å². The molecule has 2 N–H and O–H groups in total. The monoisotopic (exact) mass is 325 g/mol. The molecule has 1 amide bonds. The first-order chi connectivity index (χ1) is 10.8. The number of carboxylic acid groups (broad SMARTS) is 2. The van der Waals surface area contributed by atoms with Crippen LogP contribution in [0, 0.1) is 0 Å². The number of amides is 1. The number of carbonyl (C=O) groups is 4. The number of likely N-dealkylation sites (tertiary alicyclic amines) is 1. The Hall–Kier alpha value is -2.90. The Morgan fingerprint density at radius 1 is 1.26 bits per heavy atom. The molecule has 0 radical (unpaired) electrons. The molecule has 0 spiro atoms. The summed E-state index contributed by atoms with van der Waals surface area (Å²) in [4.78, 5) is 43.4. The second-order valence-corrected chi connectivity index (χ2v) is 4.35. The van der Waals surface area contributed by atoms with Crippen LogP contribution in [-0.2, 0) is 23.9 Å². The van der Waals surface area contributed by atoms with Gasteiger partial charge < -0.3 is 19.8 Å². The third kappa shape index (κ3) is 9.62. The molecule has 8 nitrogen and oxygen atoms in total. The van der Waals surface area contributed by atoms with Crippen LogP contribution in [0.25, 0.3) is 0 Å². The predicted octanol–water partition coefficient (Wildman–Crippen LogP) is 0.954. The van der Waals surface area contributed by atoms with Crippen LogP contribution in [0.3, 0.4) is 0 Å². The molecule has 0 aromatic rings. The minimum Gasteiger partial charge on any atom is -0.481 e. The van der Waals surface area contributed by atoms with E-state index in [0.29, 0.717) is 6.42 Å². The summed E-state index contributed by atoms with van der Waals surface area (Å²) in [7, 11) is 0. The lowest BCUT2D eigenvalue weighted by Crippen LogP contribution is -2.16. The van der Waals surface area contributed by atoms with E-state index in [1.807, 2.05) is 0 Å². The summed E-state index contributed by atoms with van der Waals surface area (Å²) in [5.74, 6) is -2.93. The van der Waals surface area contributed by atoms with Crippen molar-refractivity contribution in [1.82, 2.24) is 4.90 Å². The topological polar surface area (TPSA) is 121 Å². The Labute approximate surface area is 133 Å². The largest absolute Gasteiger partial charge is 0.481 e. The van der Waals surface area contributed by atoms with Gasteiger partial charge in [-0.2, -0.15) is 0 Å². The van der Waals surface area contributed by atoms with Gasteiger partial charge in [-0.05, 0) is 18.7 Å². The van der Waals surface area contributed by atoms with Gasteiger partial charge in [0.05, 0.1) is 12.0 Å². The fourth-order valence-electron chi connectivity index (χ4n) is 1.43. The van der Waals surface area contributed by atoms with Gasteiger partial charge in [0.1, 0.15) is 6.61 Å². The summed E-state index contributed by atoms with van der Waals surface area (Å²) >= 11 is 0. The van der Waals surface area contributed by atoms with Gasteiger partial charge >= 0.3 is 17.9 Å². The van der Waals surface area contributed by atoms with E-state index < -0.39 is 17.9 Å². The molecule has 0 aromatic heterocycles. The third-order valence-electron chi connectivity index (χ3n) is 2.57. The standard InChI is InChI=1S/C9H10O6.C6H9NO/c1-6(2-3-7(10)11)9(14)15-5-4-8(12)13;1-2-7-5-3-4-6(7)8/h2-3H,1,4-5H2,(H,10,11)(H,12,13);2H,1,3-5H2. The van der Waals surface area contributed by atoms with E-state index in [-0.39, 0.29) is 24.5 Å². The molecule has 0 saturated carbocycles. The second kappa shape index (κ2) is 10.8. The molecule has 1 heterocycles. The molecule has 23 heavy (non-hydrogen) atoms. The van der Waals surface area contributed by atoms with Gasteiger partial charge in [-0.25, -0.2) is 9.59 Å². The zero-order valence-electron chi connectivity index (χ0n) is 12.6. The molecule has 0 aliphatic carbocycles. The van der Waals surface area contributed by atoms with Crippen molar-refractivity contribution in [2.75, 3.05) is 13.2 Å². The highest BCUT2D eigenvalue weighted by atomic mass is 16.5. The number of hydrogen-bond acceptors (Lipinski definition) is 5. The van der Waals surface area contributed by atoms with Crippen molar-refractivity contribution >= 4 is 23.8 Å². The Morgan fingerprint density at radius 2 is 1.91 bits per heavy atom. The Bertz CT molecular complexity index is 522. The van der Waals surface area contributed by atoms with Gasteiger partial charge in [-0.1, -0.05) is 13.2 Å². The average Bonchev–Trinajstić information content (AvgIpc) is 2.90. The van der Waals surface area contributed by atoms with Gasteiger partial charge in [0.25, 0.3) is 0 Å². The smallest absolute Gasteiger partial charge is 0.337 e. The highest BCUT2D eigenvalue weighted by molar-refractivity contribution is 5.93. The average molecular weight is 325 g/mol. The number of nitrogens with zero attached hydrogens (tertiary/aromatic N) is 1. The molecule has 1 rings (SSSR count). The van der Waals surface area contributed by atoms with Crippen LogP contribution in [0.2, 0.25) is 0 Å². The van der Waals surface area contributed by atoms with Crippen molar-refractivity contribution < 1.29 is 34.1 Å². The maximum absolute atomic E-state index is 11.0. The van der Waals surface area contributed by atoms with Gasteiger partial charge in [0, 0.05) is 19.0 Å². The minimum absolute atomic E-state index is 0.150. The first kappa shape index (κ1) is 20.1. The molecule has 8 heteroatoms. The zero-order valence-corrected chi connectivity index (χ0v) is 12.6. The van der Waals surface area contributed by atoms with E-state index in [1.165, 1.54) is 0 Å². The van der Waals surface area contributed by atoms with E-state index >= 15 is 0 Å². The molecular formula is C15H19NO7. The van der Waals surface area contributed by atoms with Crippen LogP contribution in [0.1, 0.15) is 19.3 Å². The van der Waals surface area contributed by atoms with E-state index in [1.54, 1.807) is 11.1 Å². The van der Waals surface area contributed by atoms with Crippen molar-refractivity contribution in [3.05, 3.63) is 37.1 Å². The fraction of sp³-hybridized carbons (Fsp3) is 0.333. The maximum atomic E-state index is 11.0. The summed E-state index contributed by atoms with van der Waals surface area (Å²) in [6, 6.07) is 0. The molecule has 0 unspecified atom stereocenters. The van der Waals surface area contributed by atoms with E-state index in [4.69, 9.17) is 10.2 Å². The van der Waals surface area contributed by atoms with Crippen LogP contribution in [-0.4, -0.2) is 52.1 Å². The van der Waals surface area contributed by atoms with Crippen molar-refractivity contribution in [3.8, 4) is 0 Å². The number of ether oxygens (including phenoxy) is 1. The molecule has 1 fully saturated rings. The molecule has 0 bridgehead atoms. The van der Waals surface area contributed by atoms with Gasteiger partial charge in [-0.15, -0.1) is 0 Å². The molecule has 1 aliphatic heterocycles. The first-order valence-corrected chi connectivity index (χ1v) is 6.68. The van der Waals surface area contributed by atoms with Crippen molar-refractivity contribution in [3.63, 3.8) is 0 Å². The number of carbonyl (C=O) groups excluding carboxylic acids is 2. The van der Waals surface area contributed by atoms with Crippen molar-refractivity contribution in [2.24, 2.45) is 0 Å². The highest BCUT2D eigenvalue weighted by Gasteiger charge is 2.16. The van der Waals surface area contributed by atoms with Gasteiger partial charge in [0.2, 0.25) is 5.91 Å². The number of carboxylic acids is 2. The first-order valence-electron chi connectivity index (χ1n) is 6.68. The lowest BCUT2D eigenvalue weighted by Gasteiger charge is -2.05. The Kier molecular flexibility index (Phi) is 9.42. The van der Waals surface area contributed by atoms with Crippen LogP contribution in [0.4, 0.5) is 0 Å². The van der Waals surface area contributed by atoms with Crippen LogP contribution in [0.5, 0.6) is 0 Å². The molecule has 126 valence electrons. The Balaban J connectivity index is 0.000000502. The quantitative estimate of drug-likeness (QED) is 0.406. The summed E-state index contributed by atoms with van der Waals surface area (Å²) in [6.07, 6.45) is 4.69. The minimum atomic E-state index is -1.21. The summed E-state index contributed by atoms with van der Waals surface area (Å²) < 4.78 is 4.48. The molecule has 0 aromatic carbocycles. The van der Waals surface area contributed by atoms with Crippen molar-refractivity contribution in [2.45, 2.75) is 19.3 Å². The zero-order chi connectivity index (χ0) is 17.8. The van der Waals surface area contributed by atoms with E-state index in [9.17, 15) is 19.2 Å². The second-order valence-electron chi connectivity index (χ2n) is 4.35. The number of aliphatic carboxylic acids is 2. The van der Waals surface area contributed by atoms with E-state index in [2.05, 4.69) is 17.9 Å². The lowest BCUT2D eigenvalue weighted by atomic mass is 10.3. The van der Waals surface area contributed by atoms with Gasteiger partial charge in [-0.3, -0.25) is 9.59 Å². The predicted molar refractivity (Wildman–Crippen MR) is 80.3 cm³/mol.